The standard InChI is InChI=1S/C26H23NO4/c1-3-16-30-20-14-12-19(13-15-20)26(29)27-23-21-6-4-5-7-22(21)31-25(23)24(28)18-10-8-17(2)9-11-18/h4-15H,3,16H2,1-2H3,(H,27,29). The Morgan fingerprint density at radius 1 is 0.903 bits per heavy atom. The molecule has 31 heavy (non-hydrogen) atoms. The van der Waals surface area contributed by atoms with Crippen molar-refractivity contribution in [2.24, 2.45) is 0 Å². The number of para-hydroxylation sites is 1. The summed E-state index contributed by atoms with van der Waals surface area (Å²) < 4.78 is 11.4. The summed E-state index contributed by atoms with van der Waals surface area (Å²) in [5, 5.41) is 3.56. The van der Waals surface area contributed by atoms with Crippen LogP contribution in [0.3, 0.4) is 0 Å². The van der Waals surface area contributed by atoms with E-state index in [1.165, 1.54) is 0 Å². The van der Waals surface area contributed by atoms with Gasteiger partial charge in [0.2, 0.25) is 5.78 Å². The summed E-state index contributed by atoms with van der Waals surface area (Å²) in [4.78, 5) is 26.1. The number of fused-ring (bicyclic) bond motifs is 1. The molecule has 1 heterocycles. The smallest absolute Gasteiger partial charge is 0.255 e. The molecule has 1 N–H and O–H groups in total. The van der Waals surface area contributed by atoms with E-state index in [1.807, 2.05) is 44.2 Å². The Hall–Kier alpha value is -3.86. The number of furan rings is 1. The van der Waals surface area contributed by atoms with Gasteiger partial charge in [0.25, 0.3) is 5.91 Å². The van der Waals surface area contributed by atoms with E-state index in [9.17, 15) is 9.59 Å². The van der Waals surface area contributed by atoms with Crippen molar-refractivity contribution in [3.05, 3.63) is 95.2 Å². The molecule has 0 radical (unpaired) electrons. The Kier molecular flexibility index (Phi) is 5.85. The quantitative estimate of drug-likeness (QED) is 0.377. The highest BCUT2D eigenvalue weighted by Gasteiger charge is 2.23. The maximum atomic E-state index is 13.1. The SMILES string of the molecule is CCCOc1ccc(C(=O)Nc2c(C(=O)c3ccc(C)cc3)oc3ccccc23)cc1. The monoisotopic (exact) mass is 413 g/mol. The van der Waals surface area contributed by atoms with Gasteiger partial charge in [0.05, 0.1) is 12.3 Å². The molecule has 0 aliphatic carbocycles. The van der Waals surface area contributed by atoms with E-state index < -0.39 is 0 Å². The van der Waals surface area contributed by atoms with Gasteiger partial charge in [0.15, 0.2) is 5.76 Å². The fourth-order valence-electron chi connectivity index (χ4n) is 3.27. The van der Waals surface area contributed by atoms with Crippen LogP contribution in [0.1, 0.15) is 45.4 Å². The summed E-state index contributed by atoms with van der Waals surface area (Å²) in [6.07, 6.45) is 0.910. The van der Waals surface area contributed by atoms with E-state index in [2.05, 4.69) is 5.32 Å². The minimum Gasteiger partial charge on any atom is -0.494 e. The van der Waals surface area contributed by atoms with Gasteiger partial charge in [0, 0.05) is 16.5 Å². The number of ether oxygens (including phenoxy) is 1. The van der Waals surface area contributed by atoms with Crippen LogP contribution in [0.15, 0.2) is 77.2 Å². The Bertz CT molecular complexity index is 1220. The molecule has 1 aromatic heterocycles. The molecule has 4 rings (SSSR count). The molecular weight excluding hydrogens is 390 g/mol. The Morgan fingerprint density at radius 3 is 2.29 bits per heavy atom. The highest BCUT2D eigenvalue weighted by atomic mass is 16.5. The van der Waals surface area contributed by atoms with Crippen LogP contribution in [0.4, 0.5) is 5.69 Å². The van der Waals surface area contributed by atoms with Crippen LogP contribution in [0.2, 0.25) is 0 Å². The van der Waals surface area contributed by atoms with Crippen LogP contribution in [-0.4, -0.2) is 18.3 Å². The summed E-state index contributed by atoms with van der Waals surface area (Å²) in [7, 11) is 0. The average Bonchev–Trinajstić information content (AvgIpc) is 3.16. The molecule has 0 spiro atoms. The van der Waals surface area contributed by atoms with E-state index in [0.717, 1.165) is 12.0 Å². The molecule has 4 aromatic rings. The molecule has 0 saturated carbocycles. The molecule has 3 aromatic carbocycles. The molecule has 5 nitrogen and oxygen atoms in total. The maximum absolute atomic E-state index is 13.1. The van der Waals surface area contributed by atoms with Crippen molar-refractivity contribution in [1.29, 1.82) is 0 Å². The van der Waals surface area contributed by atoms with E-state index >= 15 is 0 Å². The van der Waals surface area contributed by atoms with Crippen LogP contribution in [-0.2, 0) is 0 Å². The topological polar surface area (TPSA) is 68.5 Å². The van der Waals surface area contributed by atoms with Gasteiger partial charge < -0.3 is 14.5 Å². The molecule has 0 unspecified atom stereocenters. The van der Waals surface area contributed by atoms with E-state index in [4.69, 9.17) is 9.15 Å². The normalized spacial score (nSPS) is 10.8. The van der Waals surface area contributed by atoms with Crippen LogP contribution >= 0.6 is 0 Å². The lowest BCUT2D eigenvalue weighted by molar-refractivity contribution is 0.101. The molecule has 0 bridgehead atoms. The van der Waals surface area contributed by atoms with Crippen LogP contribution < -0.4 is 10.1 Å². The second kappa shape index (κ2) is 8.88. The number of benzene rings is 3. The second-order valence-corrected chi connectivity index (χ2v) is 7.32. The first kappa shape index (κ1) is 20.4. The molecule has 1 amide bonds. The summed E-state index contributed by atoms with van der Waals surface area (Å²) in [6, 6.07) is 21.4. The first-order valence-electron chi connectivity index (χ1n) is 10.2. The number of hydrogen-bond acceptors (Lipinski definition) is 4. The number of aryl methyl sites for hydroxylation is 1. The second-order valence-electron chi connectivity index (χ2n) is 7.32. The Morgan fingerprint density at radius 2 is 1.58 bits per heavy atom. The first-order valence-corrected chi connectivity index (χ1v) is 10.2. The van der Waals surface area contributed by atoms with Crippen molar-refractivity contribution in [1.82, 2.24) is 0 Å². The predicted octanol–water partition coefficient (Wildman–Crippen LogP) is 6.01. The summed E-state index contributed by atoms with van der Waals surface area (Å²) >= 11 is 0. The summed E-state index contributed by atoms with van der Waals surface area (Å²) in [5.41, 5.74) is 2.93. The van der Waals surface area contributed by atoms with Crippen molar-refractivity contribution in [3.63, 3.8) is 0 Å². The van der Waals surface area contributed by atoms with Gasteiger partial charge in [-0.15, -0.1) is 0 Å². The molecular formula is C26H23NO4. The first-order chi connectivity index (χ1) is 15.1. The fourth-order valence-corrected chi connectivity index (χ4v) is 3.27. The lowest BCUT2D eigenvalue weighted by Gasteiger charge is -2.08. The minimum atomic E-state index is -0.327. The van der Waals surface area contributed by atoms with Gasteiger partial charge in [-0.05, 0) is 49.7 Å². The fraction of sp³-hybridized carbons (Fsp3) is 0.154. The zero-order valence-corrected chi connectivity index (χ0v) is 17.5. The van der Waals surface area contributed by atoms with E-state index in [0.29, 0.717) is 40.1 Å². The molecule has 0 atom stereocenters. The van der Waals surface area contributed by atoms with E-state index in [-0.39, 0.29) is 17.5 Å². The summed E-state index contributed by atoms with van der Waals surface area (Å²) in [5.74, 6) is 0.213. The van der Waals surface area contributed by atoms with Gasteiger partial charge in [-0.2, -0.15) is 0 Å². The van der Waals surface area contributed by atoms with Crippen LogP contribution in [0.25, 0.3) is 11.0 Å². The number of carbonyl (C=O) groups is 2. The highest BCUT2D eigenvalue weighted by Crippen LogP contribution is 2.33. The van der Waals surface area contributed by atoms with Gasteiger partial charge >= 0.3 is 0 Å². The predicted molar refractivity (Wildman–Crippen MR) is 121 cm³/mol. The van der Waals surface area contributed by atoms with Gasteiger partial charge in [-0.1, -0.05) is 48.9 Å². The van der Waals surface area contributed by atoms with Crippen LogP contribution in [0, 0.1) is 6.92 Å². The number of amides is 1. The zero-order valence-electron chi connectivity index (χ0n) is 17.5. The molecule has 0 aliphatic rings. The van der Waals surface area contributed by atoms with Gasteiger partial charge in [-0.3, -0.25) is 9.59 Å². The molecule has 0 fully saturated rings. The van der Waals surface area contributed by atoms with Crippen LogP contribution in [0.5, 0.6) is 5.75 Å². The van der Waals surface area contributed by atoms with Crippen molar-refractivity contribution in [2.75, 3.05) is 11.9 Å². The minimum absolute atomic E-state index is 0.112. The number of nitrogens with one attached hydrogen (secondary N) is 1. The van der Waals surface area contributed by atoms with Crippen molar-refractivity contribution in [3.8, 4) is 5.75 Å². The number of rotatable bonds is 7. The molecule has 5 heteroatoms. The Labute approximate surface area is 180 Å². The van der Waals surface area contributed by atoms with Gasteiger partial charge in [0.1, 0.15) is 11.3 Å². The van der Waals surface area contributed by atoms with E-state index in [1.54, 1.807) is 42.5 Å². The van der Waals surface area contributed by atoms with Crippen molar-refractivity contribution in [2.45, 2.75) is 20.3 Å². The highest BCUT2D eigenvalue weighted by molar-refractivity contribution is 6.18. The molecule has 0 saturated heterocycles. The number of carbonyl (C=O) groups excluding carboxylic acids is 2. The number of ketones is 1. The number of hydrogen-bond donors (Lipinski definition) is 1. The van der Waals surface area contributed by atoms with Gasteiger partial charge in [-0.25, -0.2) is 0 Å². The third-order valence-corrected chi connectivity index (χ3v) is 4.94. The number of anilines is 1. The molecule has 0 aliphatic heterocycles. The third kappa shape index (κ3) is 4.36. The molecule has 156 valence electrons. The summed E-state index contributed by atoms with van der Waals surface area (Å²) in [6.45, 7) is 4.61. The zero-order chi connectivity index (χ0) is 21.8. The Balaban J connectivity index is 1.66. The average molecular weight is 413 g/mol. The third-order valence-electron chi connectivity index (χ3n) is 4.94. The van der Waals surface area contributed by atoms with Crippen molar-refractivity contribution < 1.29 is 18.7 Å². The maximum Gasteiger partial charge on any atom is 0.255 e. The lowest BCUT2D eigenvalue weighted by Crippen LogP contribution is -2.14. The largest absolute Gasteiger partial charge is 0.494 e. The van der Waals surface area contributed by atoms with Crippen molar-refractivity contribution >= 4 is 28.3 Å². The lowest BCUT2D eigenvalue weighted by atomic mass is 10.1.